The molecule has 0 aromatic carbocycles. The van der Waals surface area contributed by atoms with Crippen molar-refractivity contribution in [1.82, 2.24) is 4.37 Å². The molecule has 0 atom stereocenters. The van der Waals surface area contributed by atoms with Crippen LogP contribution in [0.3, 0.4) is 0 Å². The van der Waals surface area contributed by atoms with Crippen molar-refractivity contribution in [2.75, 3.05) is 18.5 Å². The monoisotopic (exact) mass is 242 g/mol. The smallest absolute Gasteiger partial charge is 0.164 e. The summed E-state index contributed by atoms with van der Waals surface area (Å²) in [5.74, 6) is 0.0542. The fourth-order valence-electron chi connectivity index (χ4n) is 1.36. The summed E-state index contributed by atoms with van der Waals surface area (Å²) in [6.07, 6.45) is 0.234. The van der Waals surface area contributed by atoms with Crippen LogP contribution in [0.15, 0.2) is 0 Å². The van der Waals surface area contributed by atoms with E-state index in [0.29, 0.717) is 18.7 Å². The van der Waals surface area contributed by atoms with Crippen molar-refractivity contribution in [1.29, 1.82) is 0 Å². The summed E-state index contributed by atoms with van der Waals surface area (Å²) >= 11 is 1.33. The lowest BCUT2D eigenvalue weighted by molar-refractivity contribution is 0.0870. The van der Waals surface area contributed by atoms with Gasteiger partial charge in [0, 0.05) is 6.54 Å². The summed E-state index contributed by atoms with van der Waals surface area (Å²) in [6, 6.07) is 0. The van der Waals surface area contributed by atoms with Gasteiger partial charge in [0.2, 0.25) is 0 Å². The van der Waals surface area contributed by atoms with Gasteiger partial charge in [-0.3, -0.25) is 4.79 Å². The minimum atomic E-state index is 0.0542. The second-order valence-corrected chi connectivity index (χ2v) is 4.65. The van der Waals surface area contributed by atoms with Crippen molar-refractivity contribution >= 4 is 22.3 Å². The molecule has 1 aromatic rings. The van der Waals surface area contributed by atoms with E-state index in [1.54, 1.807) is 6.92 Å². The molecule has 1 rings (SSSR count). The maximum absolute atomic E-state index is 11.4. The van der Waals surface area contributed by atoms with E-state index < -0.39 is 0 Å². The van der Waals surface area contributed by atoms with Gasteiger partial charge in [0.1, 0.15) is 5.00 Å². The molecule has 90 valence electrons. The number of aromatic nitrogens is 1. The van der Waals surface area contributed by atoms with Crippen LogP contribution in [0.5, 0.6) is 0 Å². The molecule has 0 radical (unpaired) electrons. The van der Waals surface area contributed by atoms with Crippen LogP contribution in [-0.4, -0.2) is 29.4 Å². The summed E-state index contributed by atoms with van der Waals surface area (Å²) in [6.45, 7) is 8.73. The van der Waals surface area contributed by atoms with Gasteiger partial charge in [-0.05, 0) is 39.2 Å². The predicted molar refractivity (Wildman–Crippen MR) is 66.4 cm³/mol. The molecule has 16 heavy (non-hydrogen) atoms. The fourth-order valence-corrected chi connectivity index (χ4v) is 2.23. The number of carbonyl (C=O) groups is 1. The number of ketones is 1. The standard InChI is InChI=1S/C11H18N2O2S/c1-7(2)15-6-5-12-11-10(9(4)14)8(3)13-16-11/h7,12H,5-6H2,1-4H3. The van der Waals surface area contributed by atoms with Gasteiger partial charge >= 0.3 is 0 Å². The Morgan fingerprint density at radius 2 is 2.25 bits per heavy atom. The molecule has 0 aliphatic rings. The van der Waals surface area contributed by atoms with E-state index in [1.165, 1.54) is 11.5 Å². The normalized spacial score (nSPS) is 10.8. The number of Topliss-reactive ketones (excluding diaryl/α,β-unsaturated/α-hetero) is 1. The van der Waals surface area contributed by atoms with E-state index in [-0.39, 0.29) is 11.9 Å². The second-order valence-electron chi connectivity index (χ2n) is 3.87. The van der Waals surface area contributed by atoms with Crippen LogP contribution < -0.4 is 5.32 Å². The maximum atomic E-state index is 11.4. The molecule has 0 fully saturated rings. The van der Waals surface area contributed by atoms with E-state index in [0.717, 1.165) is 10.7 Å². The average molecular weight is 242 g/mol. The van der Waals surface area contributed by atoms with Crippen molar-refractivity contribution in [3.8, 4) is 0 Å². The first-order chi connectivity index (χ1) is 7.52. The van der Waals surface area contributed by atoms with Gasteiger partial charge in [0.05, 0.1) is 24.0 Å². The van der Waals surface area contributed by atoms with E-state index in [4.69, 9.17) is 4.74 Å². The molecule has 0 saturated heterocycles. The molecule has 0 aliphatic heterocycles. The first-order valence-corrected chi connectivity index (χ1v) is 6.12. The van der Waals surface area contributed by atoms with Crippen LogP contribution >= 0.6 is 11.5 Å². The number of rotatable bonds is 6. The average Bonchev–Trinajstić information content (AvgIpc) is 2.54. The number of hydrogen-bond acceptors (Lipinski definition) is 5. The molecule has 4 nitrogen and oxygen atoms in total. The quantitative estimate of drug-likeness (QED) is 0.615. The highest BCUT2D eigenvalue weighted by Gasteiger charge is 2.14. The highest BCUT2D eigenvalue weighted by Crippen LogP contribution is 2.24. The molecule has 5 heteroatoms. The van der Waals surface area contributed by atoms with Crippen LogP contribution in [-0.2, 0) is 4.74 Å². The number of nitrogens with one attached hydrogen (secondary N) is 1. The third-order valence-corrected chi connectivity index (χ3v) is 2.95. The minimum Gasteiger partial charge on any atom is -0.377 e. The Morgan fingerprint density at radius 3 is 2.81 bits per heavy atom. The van der Waals surface area contributed by atoms with Crippen LogP contribution in [0, 0.1) is 6.92 Å². The number of ether oxygens (including phenoxy) is 1. The predicted octanol–water partition coefficient (Wildman–Crippen LogP) is 2.49. The van der Waals surface area contributed by atoms with Gasteiger partial charge in [-0.2, -0.15) is 4.37 Å². The molecular weight excluding hydrogens is 224 g/mol. The summed E-state index contributed by atoms with van der Waals surface area (Å²) in [5.41, 5.74) is 1.50. The Morgan fingerprint density at radius 1 is 1.56 bits per heavy atom. The lowest BCUT2D eigenvalue weighted by Crippen LogP contribution is -2.13. The molecule has 0 aliphatic carbocycles. The SMILES string of the molecule is CC(=O)c1c(C)nsc1NCCOC(C)C. The van der Waals surface area contributed by atoms with Crippen LogP contribution in [0.25, 0.3) is 0 Å². The number of hydrogen-bond donors (Lipinski definition) is 1. The lowest BCUT2D eigenvalue weighted by atomic mass is 10.2. The molecule has 0 bridgehead atoms. The Balaban J connectivity index is 2.51. The van der Waals surface area contributed by atoms with Crippen molar-refractivity contribution in [2.45, 2.75) is 33.8 Å². The summed E-state index contributed by atoms with van der Waals surface area (Å²) in [5, 5.41) is 4.03. The van der Waals surface area contributed by atoms with Gasteiger partial charge in [-0.25, -0.2) is 0 Å². The van der Waals surface area contributed by atoms with Crippen molar-refractivity contribution < 1.29 is 9.53 Å². The minimum absolute atomic E-state index is 0.0542. The zero-order valence-corrected chi connectivity index (χ0v) is 11.0. The molecule has 1 N–H and O–H groups in total. The van der Waals surface area contributed by atoms with Crippen LogP contribution in [0.4, 0.5) is 5.00 Å². The van der Waals surface area contributed by atoms with Gasteiger partial charge in [0.15, 0.2) is 5.78 Å². The molecule has 0 unspecified atom stereocenters. The molecule has 0 amide bonds. The third-order valence-electron chi connectivity index (χ3n) is 2.05. The molecular formula is C11H18N2O2S. The number of anilines is 1. The van der Waals surface area contributed by atoms with Gasteiger partial charge in [0.25, 0.3) is 0 Å². The number of aryl methyl sites for hydroxylation is 1. The van der Waals surface area contributed by atoms with Crippen molar-refractivity contribution in [3.05, 3.63) is 11.3 Å². The molecule has 1 aromatic heterocycles. The number of nitrogens with zero attached hydrogens (tertiary/aromatic N) is 1. The second kappa shape index (κ2) is 5.96. The zero-order chi connectivity index (χ0) is 12.1. The molecule has 0 saturated carbocycles. The van der Waals surface area contributed by atoms with E-state index in [1.807, 2.05) is 20.8 Å². The van der Waals surface area contributed by atoms with E-state index in [9.17, 15) is 4.79 Å². The highest BCUT2D eigenvalue weighted by atomic mass is 32.1. The highest BCUT2D eigenvalue weighted by molar-refractivity contribution is 7.10. The Hall–Kier alpha value is -0.940. The van der Waals surface area contributed by atoms with Gasteiger partial charge < -0.3 is 10.1 Å². The van der Waals surface area contributed by atoms with Crippen molar-refractivity contribution in [2.24, 2.45) is 0 Å². The first kappa shape index (κ1) is 13.1. The number of carbonyl (C=O) groups excluding carboxylic acids is 1. The summed E-state index contributed by atoms with van der Waals surface area (Å²) < 4.78 is 9.58. The zero-order valence-electron chi connectivity index (χ0n) is 10.2. The van der Waals surface area contributed by atoms with E-state index >= 15 is 0 Å². The fraction of sp³-hybridized carbons (Fsp3) is 0.636. The van der Waals surface area contributed by atoms with Gasteiger partial charge in [-0.15, -0.1) is 0 Å². The van der Waals surface area contributed by atoms with Crippen LogP contribution in [0.2, 0.25) is 0 Å². The Labute approximate surface area is 100 Å². The Bertz CT molecular complexity index is 361. The van der Waals surface area contributed by atoms with E-state index in [2.05, 4.69) is 9.69 Å². The summed E-state index contributed by atoms with van der Waals surface area (Å²) in [4.78, 5) is 11.4. The first-order valence-electron chi connectivity index (χ1n) is 5.35. The lowest BCUT2D eigenvalue weighted by Gasteiger charge is -2.08. The maximum Gasteiger partial charge on any atom is 0.164 e. The largest absolute Gasteiger partial charge is 0.377 e. The van der Waals surface area contributed by atoms with Crippen molar-refractivity contribution in [3.63, 3.8) is 0 Å². The topological polar surface area (TPSA) is 51.2 Å². The van der Waals surface area contributed by atoms with Gasteiger partial charge in [-0.1, -0.05) is 0 Å². The molecule has 0 spiro atoms. The van der Waals surface area contributed by atoms with Crippen LogP contribution in [0.1, 0.15) is 36.8 Å². The Kier molecular flexibility index (Phi) is 4.89. The summed E-state index contributed by atoms with van der Waals surface area (Å²) in [7, 11) is 0. The third kappa shape index (κ3) is 3.57. The molecule has 1 heterocycles.